The zero-order valence-corrected chi connectivity index (χ0v) is 14.6. The number of aryl methyl sites for hydroxylation is 1. The summed E-state index contributed by atoms with van der Waals surface area (Å²) in [5.41, 5.74) is 5.67. The highest BCUT2D eigenvalue weighted by atomic mass is 35.5. The number of hydrogen-bond donors (Lipinski definition) is 2. The number of benzene rings is 2. The smallest absolute Gasteiger partial charge is 0.0792 e. The third-order valence-corrected chi connectivity index (χ3v) is 4.64. The van der Waals surface area contributed by atoms with Gasteiger partial charge in [-0.25, -0.2) is 0 Å². The van der Waals surface area contributed by atoms with Gasteiger partial charge in [0.2, 0.25) is 0 Å². The zero-order chi connectivity index (χ0) is 17.2. The van der Waals surface area contributed by atoms with Crippen LogP contribution in [0.4, 0.5) is 5.69 Å². The molecule has 0 aliphatic rings. The van der Waals surface area contributed by atoms with Crippen LogP contribution in [0.3, 0.4) is 0 Å². The molecule has 0 radical (unpaired) electrons. The maximum absolute atomic E-state index is 6.17. The summed E-state index contributed by atoms with van der Waals surface area (Å²) in [6.07, 6.45) is 3.65. The standard InChI is InChI=1S/C21H18ClN3/c1-14-20(18-7-2-3-8-19(18)24-14)21(15-9-11-23-12-10-15)25-17-6-4-5-16(22)13-17/h2-13,21,24-25H,1H3/t21-/m1/s1. The van der Waals surface area contributed by atoms with Crippen LogP contribution < -0.4 is 5.32 Å². The Morgan fingerprint density at radius 3 is 2.60 bits per heavy atom. The number of halogens is 1. The van der Waals surface area contributed by atoms with Crippen LogP contribution in [0, 0.1) is 6.92 Å². The van der Waals surface area contributed by atoms with E-state index in [9.17, 15) is 0 Å². The van der Waals surface area contributed by atoms with Crippen molar-refractivity contribution in [2.24, 2.45) is 0 Å². The van der Waals surface area contributed by atoms with Crippen LogP contribution in [0.2, 0.25) is 5.02 Å². The van der Waals surface area contributed by atoms with E-state index in [0.29, 0.717) is 5.02 Å². The largest absolute Gasteiger partial charge is 0.374 e. The van der Waals surface area contributed by atoms with Gasteiger partial charge in [0.25, 0.3) is 0 Å². The number of fused-ring (bicyclic) bond motifs is 1. The summed E-state index contributed by atoms with van der Waals surface area (Å²) in [7, 11) is 0. The summed E-state index contributed by atoms with van der Waals surface area (Å²) in [6, 6.07) is 20.3. The third-order valence-electron chi connectivity index (χ3n) is 4.41. The topological polar surface area (TPSA) is 40.7 Å². The number of pyridine rings is 1. The van der Waals surface area contributed by atoms with Gasteiger partial charge in [-0.3, -0.25) is 4.98 Å². The average Bonchev–Trinajstić information content (AvgIpc) is 2.96. The number of nitrogens with zero attached hydrogens (tertiary/aromatic N) is 1. The third kappa shape index (κ3) is 3.11. The van der Waals surface area contributed by atoms with E-state index in [2.05, 4.69) is 40.4 Å². The number of aromatic amines is 1. The molecule has 0 bridgehead atoms. The first kappa shape index (κ1) is 15.7. The second kappa shape index (κ2) is 6.61. The van der Waals surface area contributed by atoms with Gasteiger partial charge < -0.3 is 10.3 Å². The number of para-hydroxylation sites is 1. The van der Waals surface area contributed by atoms with Crippen LogP contribution >= 0.6 is 11.6 Å². The van der Waals surface area contributed by atoms with Crippen LogP contribution in [0.15, 0.2) is 73.1 Å². The highest BCUT2D eigenvalue weighted by molar-refractivity contribution is 6.30. The number of aromatic nitrogens is 2. The molecule has 2 N–H and O–H groups in total. The summed E-state index contributed by atoms with van der Waals surface area (Å²) in [6.45, 7) is 2.11. The van der Waals surface area contributed by atoms with Crippen molar-refractivity contribution in [1.82, 2.24) is 9.97 Å². The van der Waals surface area contributed by atoms with Gasteiger partial charge in [-0.15, -0.1) is 0 Å². The van der Waals surface area contributed by atoms with Crippen LogP contribution in [-0.2, 0) is 0 Å². The van der Waals surface area contributed by atoms with Gasteiger partial charge in [0.05, 0.1) is 6.04 Å². The normalized spacial score (nSPS) is 12.2. The number of anilines is 1. The maximum atomic E-state index is 6.17. The fourth-order valence-corrected chi connectivity index (χ4v) is 3.48. The van der Waals surface area contributed by atoms with Gasteiger partial charge in [-0.05, 0) is 48.9 Å². The molecule has 0 amide bonds. The second-order valence-electron chi connectivity index (χ2n) is 6.08. The van der Waals surface area contributed by atoms with E-state index in [4.69, 9.17) is 11.6 Å². The highest BCUT2D eigenvalue weighted by Crippen LogP contribution is 2.34. The molecule has 1 atom stereocenters. The first-order valence-corrected chi connectivity index (χ1v) is 8.59. The average molecular weight is 348 g/mol. The molecule has 4 rings (SSSR count). The van der Waals surface area contributed by atoms with E-state index in [1.54, 1.807) is 0 Å². The molecule has 0 aliphatic carbocycles. The van der Waals surface area contributed by atoms with Crippen LogP contribution in [0.1, 0.15) is 22.9 Å². The summed E-state index contributed by atoms with van der Waals surface area (Å²) in [5.74, 6) is 0. The molecule has 2 aromatic heterocycles. The Bertz CT molecular complexity index is 1010. The summed E-state index contributed by atoms with van der Waals surface area (Å²) in [4.78, 5) is 7.65. The minimum atomic E-state index is -0.00221. The van der Waals surface area contributed by atoms with E-state index in [-0.39, 0.29) is 6.04 Å². The molecule has 0 saturated heterocycles. The van der Waals surface area contributed by atoms with Crippen molar-refractivity contribution in [2.45, 2.75) is 13.0 Å². The molecule has 0 saturated carbocycles. The lowest BCUT2D eigenvalue weighted by atomic mass is 9.96. The Labute approximate surface area is 151 Å². The minimum absolute atomic E-state index is 0.00221. The molecule has 25 heavy (non-hydrogen) atoms. The van der Waals surface area contributed by atoms with Gasteiger partial charge in [0.15, 0.2) is 0 Å². The summed E-state index contributed by atoms with van der Waals surface area (Å²) >= 11 is 6.17. The molecule has 2 heterocycles. The van der Waals surface area contributed by atoms with Crippen molar-refractivity contribution < 1.29 is 0 Å². The Morgan fingerprint density at radius 2 is 1.80 bits per heavy atom. The van der Waals surface area contributed by atoms with Gasteiger partial charge in [0.1, 0.15) is 0 Å². The zero-order valence-electron chi connectivity index (χ0n) is 13.8. The maximum Gasteiger partial charge on any atom is 0.0792 e. The second-order valence-corrected chi connectivity index (χ2v) is 6.51. The number of H-pyrrole nitrogens is 1. The van der Waals surface area contributed by atoms with Gasteiger partial charge >= 0.3 is 0 Å². The first-order valence-electron chi connectivity index (χ1n) is 8.21. The number of rotatable bonds is 4. The molecule has 124 valence electrons. The predicted molar refractivity (Wildman–Crippen MR) is 104 cm³/mol. The van der Waals surface area contributed by atoms with Gasteiger partial charge in [-0.2, -0.15) is 0 Å². The van der Waals surface area contributed by atoms with E-state index in [0.717, 1.165) is 22.5 Å². The van der Waals surface area contributed by atoms with E-state index >= 15 is 0 Å². The Kier molecular flexibility index (Phi) is 4.16. The number of nitrogens with one attached hydrogen (secondary N) is 2. The molecule has 4 aromatic rings. The van der Waals surface area contributed by atoms with E-state index in [1.807, 2.05) is 54.9 Å². The van der Waals surface area contributed by atoms with Crippen molar-refractivity contribution in [3.8, 4) is 0 Å². The van der Waals surface area contributed by atoms with Crippen LogP contribution in [0.5, 0.6) is 0 Å². The van der Waals surface area contributed by atoms with Gasteiger partial charge in [-0.1, -0.05) is 35.9 Å². The van der Waals surface area contributed by atoms with E-state index in [1.165, 1.54) is 10.9 Å². The monoisotopic (exact) mass is 347 g/mol. The predicted octanol–water partition coefficient (Wildman–Crippen LogP) is 5.73. The summed E-state index contributed by atoms with van der Waals surface area (Å²) in [5, 5.41) is 5.57. The van der Waals surface area contributed by atoms with E-state index < -0.39 is 0 Å². The molecule has 0 spiro atoms. The SMILES string of the molecule is Cc1[nH]c2ccccc2c1[C@H](Nc1cccc(Cl)c1)c1ccncc1. The summed E-state index contributed by atoms with van der Waals surface area (Å²) < 4.78 is 0. The molecule has 0 unspecified atom stereocenters. The molecule has 4 heteroatoms. The fourth-order valence-electron chi connectivity index (χ4n) is 3.29. The lowest BCUT2D eigenvalue weighted by Gasteiger charge is -2.21. The Hall–Kier alpha value is -2.78. The minimum Gasteiger partial charge on any atom is -0.374 e. The molecule has 2 aromatic carbocycles. The van der Waals surface area contributed by atoms with Crippen LogP contribution in [0.25, 0.3) is 10.9 Å². The molecule has 0 fully saturated rings. The molecule has 3 nitrogen and oxygen atoms in total. The highest BCUT2D eigenvalue weighted by Gasteiger charge is 2.20. The lowest BCUT2D eigenvalue weighted by molar-refractivity contribution is 0.928. The van der Waals surface area contributed by atoms with Gasteiger partial charge in [0, 0.05) is 45.3 Å². The number of hydrogen-bond acceptors (Lipinski definition) is 2. The first-order chi connectivity index (χ1) is 12.2. The van der Waals surface area contributed by atoms with Crippen molar-refractivity contribution in [3.05, 3.63) is 94.9 Å². The molecular weight excluding hydrogens is 330 g/mol. The fraction of sp³-hybridized carbons (Fsp3) is 0.0952. The Morgan fingerprint density at radius 1 is 1.00 bits per heavy atom. The van der Waals surface area contributed by atoms with Crippen molar-refractivity contribution in [1.29, 1.82) is 0 Å². The quantitative estimate of drug-likeness (QED) is 0.495. The molecule has 0 aliphatic heterocycles. The van der Waals surface area contributed by atoms with Crippen molar-refractivity contribution in [3.63, 3.8) is 0 Å². The lowest BCUT2D eigenvalue weighted by Crippen LogP contribution is -2.13. The van der Waals surface area contributed by atoms with Crippen molar-refractivity contribution in [2.75, 3.05) is 5.32 Å². The van der Waals surface area contributed by atoms with Crippen molar-refractivity contribution >= 4 is 28.2 Å². The van der Waals surface area contributed by atoms with Crippen LogP contribution in [-0.4, -0.2) is 9.97 Å². The Balaban J connectivity index is 1.87. The molecular formula is C21H18ClN3.